The number of carbonyl (C=O) groups is 1. The highest BCUT2D eigenvalue weighted by Crippen LogP contribution is 2.06. The van der Waals surface area contributed by atoms with Crippen molar-refractivity contribution in [3.63, 3.8) is 0 Å². The molecule has 0 aromatic heterocycles. The third-order valence-corrected chi connectivity index (χ3v) is 3.13. The summed E-state index contributed by atoms with van der Waals surface area (Å²) >= 11 is 0. The van der Waals surface area contributed by atoms with Crippen molar-refractivity contribution >= 4 is 5.91 Å². The number of unbranched alkanes of at least 4 members (excludes halogenated alkanes) is 6. The molecule has 102 valence electrons. The van der Waals surface area contributed by atoms with Crippen molar-refractivity contribution in [1.29, 1.82) is 0 Å². The number of amides is 1. The number of likely N-dealkylation sites (N-methyl/N-ethyl adjacent to an activating group) is 1. The Morgan fingerprint density at radius 1 is 1.00 bits per heavy atom. The molecule has 0 aliphatic rings. The Balaban J connectivity index is 3.16. The molecule has 0 saturated carbocycles. The van der Waals surface area contributed by atoms with Crippen molar-refractivity contribution in [2.45, 2.75) is 58.8 Å². The summed E-state index contributed by atoms with van der Waals surface area (Å²) in [6, 6.07) is 0. The summed E-state index contributed by atoms with van der Waals surface area (Å²) in [5.74, 6) is 0.190. The number of rotatable bonds is 11. The zero-order valence-corrected chi connectivity index (χ0v) is 11.9. The molecule has 0 aromatic carbocycles. The normalized spacial score (nSPS) is 10.5. The van der Waals surface area contributed by atoms with Crippen LogP contribution in [0, 0.1) is 0 Å². The molecule has 0 heterocycles. The minimum absolute atomic E-state index is 0.190. The molecular weight excluding hydrogens is 212 g/mol. The van der Waals surface area contributed by atoms with Crippen LogP contribution >= 0.6 is 0 Å². The van der Waals surface area contributed by atoms with Crippen LogP contribution in [-0.2, 0) is 4.79 Å². The zero-order chi connectivity index (χ0) is 12.9. The molecule has 17 heavy (non-hydrogen) atoms. The highest BCUT2D eigenvalue weighted by Gasteiger charge is 2.04. The van der Waals surface area contributed by atoms with Gasteiger partial charge in [-0.05, 0) is 19.9 Å². The summed E-state index contributed by atoms with van der Waals surface area (Å²) in [5.41, 5.74) is 0. The molecular formula is C14H30N2O. The fourth-order valence-electron chi connectivity index (χ4n) is 1.71. The van der Waals surface area contributed by atoms with Gasteiger partial charge in [-0.1, -0.05) is 45.4 Å². The highest BCUT2D eigenvalue weighted by molar-refractivity contribution is 5.77. The maximum absolute atomic E-state index is 11.4. The highest BCUT2D eigenvalue weighted by atomic mass is 16.2. The molecule has 1 N–H and O–H groups in total. The van der Waals surface area contributed by atoms with Gasteiger partial charge in [-0.2, -0.15) is 0 Å². The van der Waals surface area contributed by atoms with Gasteiger partial charge in [0.1, 0.15) is 0 Å². The molecule has 0 bridgehead atoms. The molecule has 0 aliphatic heterocycles. The van der Waals surface area contributed by atoms with Gasteiger partial charge < -0.3 is 10.2 Å². The second kappa shape index (κ2) is 11.9. The third-order valence-electron chi connectivity index (χ3n) is 3.13. The molecule has 0 unspecified atom stereocenters. The van der Waals surface area contributed by atoms with E-state index >= 15 is 0 Å². The van der Waals surface area contributed by atoms with E-state index in [-0.39, 0.29) is 5.91 Å². The molecule has 0 radical (unpaired) electrons. The molecule has 3 nitrogen and oxygen atoms in total. The number of hydrogen-bond acceptors (Lipinski definition) is 2. The van der Waals surface area contributed by atoms with E-state index in [1.165, 1.54) is 44.9 Å². The molecule has 0 atom stereocenters. The van der Waals surface area contributed by atoms with Crippen LogP contribution in [0.4, 0.5) is 0 Å². The Hall–Kier alpha value is -0.570. The van der Waals surface area contributed by atoms with Crippen LogP contribution in [0.5, 0.6) is 0 Å². The van der Waals surface area contributed by atoms with E-state index in [0.717, 1.165) is 13.1 Å². The van der Waals surface area contributed by atoms with Gasteiger partial charge in [0.2, 0.25) is 5.91 Å². The average Bonchev–Trinajstić information content (AvgIpc) is 2.35. The predicted octanol–water partition coefficient (Wildman–Crippen LogP) is 2.80. The van der Waals surface area contributed by atoms with Crippen LogP contribution in [0.3, 0.4) is 0 Å². The van der Waals surface area contributed by atoms with Crippen LogP contribution in [0.15, 0.2) is 0 Å². The van der Waals surface area contributed by atoms with Crippen molar-refractivity contribution in [3.8, 4) is 0 Å². The van der Waals surface area contributed by atoms with Crippen molar-refractivity contribution in [1.82, 2.24) is 10.2 Å². The van der Waals surface area contributed by atoms with Gasteiger partial charge in [-0.25, -0.2) is 0 Å². The molecule has 3 heteroatoms. The summed E-state index contributed by atoms with van der Waals surface area (Å²) in [6.45, 7) is 6.48. The zero-order valence-electron chi connectivity index (χ0n) is 11.9. The Bertz CT molecular complexity index is 183. The first kappa shape index (κ1) is 16.4. The second-order valence-electron chi connectivity index (χ2n) is 4.71. The van der Waals surface area contributed by atoms with E-state index in [0.29, 0.717) is 6.54 Å². The summed E-state index contributed by atoms with van der Waals surface area (Å²) in [7, 11) is 1.84. The number of hydrogen-bond donors (Lipinski definition) is 1. The van der Waals surface area contributed by atoms with Gasteiger partial charge in [0.05, 0.1) is 6.54 Å². The minimum atomic E-state index is 0.190. The van der Waals surface area contributed by atoms with E-state index < -0.39 is 0 Å². The van der Waals surface area contributed by atoms with Gasteiger partial charge >= 0.3 is 0 Å². The van der Waals surface area contributed by atoms with Crippen LogP contribution in [-0.4, -0.2) is 37.5 Å². The lowest BCUT2D eigenvalue weighted by Gasteiger charge is -2.14. The maximum atomic E-state index is 11.4. The maximum Gasteiger partial charge on any atom is 0.236 e. The van der Waals surface area contributed by atoms with Crippen molar-refractivity contribution in [3.05, 3.63) is 0 Å². The number of nitrogens with one attached hydrogen (secondary N) is 1. The standard InChI is InChI=1S/C14H30N2O/c1-4-6-7-8-9-10-11-12-15-13-14(17)16(3)5-2/h15H,4-13H2,1-3H3. The first-order valence-electron chi connectivity index (χ1n) is 7.17. The smallest absolute Gasteiger partial charge is 0.236 e. The quantitative estimate of drug-likeness (QED) is 0.565. The molecule has 0 fully saturated rings. The predicted molar refractivity (Wildman–Crippen MR) is 74.2 cm³/mol. The SMILES string of the molecule is CCCCCCCCCNCC(=O)N(C)CC. The summed E-state index contributed by atoms with van der Waals surface area (Å²) in [4.78, 5) is 13.2. The van der Waals surface area contributed by atoms with Crippen LogP contribution < -0.4 is 5.32 Å². The van der Waals surface area contributed by atoms with E-state index in [1.807, 2.05) is 14.0 Å². The Labute approximate surface area is 107 Å². The van der Waals surface area contributed by atoms with E-state index in [2.05, 4.69) is 12.2 Å². The first-order chi connectivity index (χ1) is 8.22. The van der Waals surface area contributed by atoms with Crippen molar-refractivity contribution in [2.75, 3.05) is 26.7 Å². The van der Waals surface area contributed by atoms with Gasteiger partial charge in [-0.3, -0.25) is 4.79 Å². The van der Waals surface area contributed by atoms with Gasteiger partial charge in [0.15, 0.2) is 0 Å². The topological polar surface area (TPSA) is 32.3 Å². The van der Waals surface area contributed by atoms with Crippen LogP contribution in [0.2, 0.25) is 0 Å². The van der Waals surface area contributed by atoms with Crippen LogP contribution in [0.25, 0.3) is 0 Å². The molecule has 0 rings (SSSR count). The largest absolute Gasteiger partial charge is 0.345 e. The van der Waals surface area contributed by atoms with Crippen LogP contribution in [0.1, 0.15) is 58.8 Å². The van der Waals surface area contributed by atoms with E-state index in [1.54, 1.807) is 4.90 Å². The minimum Gasteiger partial charge on any atom is -0.345 e. The fourth-order valence-corrected chi connectivity index (χ4v) is 1.71. The molecule has 0 aliphatic carbocycles. The lowest BCUT2D eigenvalue weighted by Crippen LogP contribution is -2.35. The third kappa shape index (κ3) is 10.3. The monoisotopic (exact) mass is 242 g/mol. The Morgan fingerprint density at radius 3 is 2.18 bits per heavy atom. The van der Waals surface area contributed by atoms with Gasteiger partial charge in [-0.15, -0.1) is 0 Å². The van der Waals surface area contributed by atoms with Gasteiger partial charge in [0.25, 0.3) is 0 Å². The lowest BCUT2D eigenvalue weighted by atomic mass is 10.1. The van der Waals surface area contributed by atoms with Crippen molar-refractivity contribution < 1.29 is 4.79 Å². The van der Waals surface area contributed by atoms with Crippen molar-refractivity contribution in [2.24, 2.45) is 0 Å². The van der Waals surface area contributed by atoms with E-state index in [4.69, 9.17) is 0 Å². The first-order valence-corrected chi connectivity index (χ1v) is 7.17. The molecule has 1 amide bonds. The molecule has 0 spiro atoms. The summed E-state index contributed by atoms with van der Waals surface area (Å²) in [5, 5.41) is 3.21. The number of carbonyl (C=O) groups excluding carboxylic acids is 1. The fraction of sp³-hybridized carbons (Fsp3) is 0.929. The lowest BCUT2D eigenvalue weighted by molar-refractivity contribution is -0.128. The average molecular weight is 242 g/mol. The Morgan fingerprint density at radius 2 is 1.59 bits per heavy atom. The summed E-state index contributed by atoms with van der Waals surface area (Å²) < 4.78 is 0. The molecule has 0 saturated heterocycles. The Kier molecular flexibility index (Phi) is 11.5. The van der Waals surface area contributed by atoms with E-state index in [9.17, 15) is 4.79 Å². The summed E-state index contributed by atoms with van der Waals surface area (Å²) in [6.07, 6.45) is 9.24. The molecule has 0 aromatic rings. The second-order valence-corrected chi connectivity index (χ2v) is 4.71. The van der Waals surface area contributed by atoms with Gasteiger partial charge in [0, 0.05) is 13.6 Å². The number of nitrogens with zero attached hydrogens (tertiary/aromatic N) is 1.